The summed E-state index contributed by atoms with van der Waals surface area (Å²) in [6.07, 6.45) is 0. The molecule has 7 heteroatoms. The van der Waals surface area contributed by atoms with Crippen molar-refractivity contribution in [2.75, 3.05) is 16.7 Å². The second kappa shape index (κ2) is 10.6. The smallest absolute Gasteiger partial charge is 0.264 e. The third-order valence-corrected chi connectivity index (χ3v) is 8.09. The van der Waals surface area contributed by atoms with Crippen LogP contribution >= 0.6 is 0 Å². The molecule has 194 valence electrons. The number of nitrogens with one attached hydrogen (secondary N) is 1. The fourth-order valence-corrected chi connectivity index (χ4v) is 5.16. The molecule has 4 rings (SSSR count). The number of nitrogens with zero attached hydrogens (tertiary/aromatic N) is 1. The summed E-state index contributed by atoms with van der Waals surface area (Å²) < 4.78 is 26.9. The number of rotatable bonds is 7. The maximum absolute atomic E-state index is 13.0. The minimum absolute atomic E-state index is 0.00442. The van der Waals surface area contributed by atoms with Crippen LogP contribution in [0.25, 0.3) is 0 Å². The van der Waals surface area contributed by atoms with E-state index >= 15 is 0 Å². The van der Waals surface area contributed by atoms with Crippen molar-refractivity contribution < 1.29 is 18.0 Å². The van der Waals surface area contributed by atoms with Crippen LogP contribution in [0.3, 0.4) is 0 Å². The molecular formula is C31H30N2O4S. The summed E-state index contributed by atoms with van der Waals surface area (Å²) >= 11 is 0. The van der Waals surface area contributed by atoms with E-state index < -0.39 is 10.0 Å². The highest BCUT2D eigenvalue weighted by atomic mass is 32.2. The van der Waals surface area contributed by atoms with Gasteiger partial charge in [-0.15, -0.1) is 0 Å². The molecule has 0 atom stereocenters. The van der Waals surface area contributed by atoms with E-state index in [-0.39, 0.29) is 22.0 Å². The zero-order chi connectivity index (χ0) is 27.5. The summed E-state index contributed by atoms with van der Waals surface area (Å²) in [5.41, 5.74) is 3.45. The first-order valence-electron chi connectivity index (χ1n) is 12.2. The van der Waals surface area contributed by atoms with Gasteiger partial charge in [-0.3, -0.25) is 13.9 Å². The Balaban J connectivity index is 1.46. The summed E-state index contributed by atoms with van der Waals surface area (Å²) in [6, 6.07) is 28.8. The Bertz CT molecular complexity index is 1560. The third-order valence-electron chi connectivity index (χ3n) is 6.29. The zero-order valence-corrected chi connectivity index (χ0v) is 22.6. The lowest BCUT2D eigenvalue weighted by molar-refractivity contribution is 0.102. The maximum atomic E-state index is 13.0. The Morgan fingerprint density at radius 1 is 0.711 bits per heavy atom. The van der Waals surface area contributed by atoms with Crippen LogP contribution < -0.4 is 9.62 Å². The van der Waals surface area contributed by atoms with Gasteiger partial charge in [0.1, 0.15) is 0 Å². The van der Waals surface area contributed by atoms with Crippen molar-refractivity contribution >= 4 is 33.1 Å². The number of benzene rings is 4. The number of ketones is 1. The SMILES string of the molecule is CN(c1ccc(C(=O)Nc2cccc(C(=O)c3ccc(C(C)(C)C)cc3)c2)cc1)S(=O)(=O)c1ccccc1. The molecule has 38 heavy (non-hydrogen) atoms. The number of carbonyl (C=O) groups is 2. The predicted octanol–water partition coefficient (Wildman–Crippen LogP) is 6.29. The molecule has 0 saturated carbocycles. The number of hydrogen-bond donors (Lipinski definition) is 1. The summed E-state index contributed by atoms with van der Waals surface area (Å²) in [5.74, 6) is -0.502. The van der Waals surface area contributed by atoms with E-state index in [1.165, 1.54) is 23.5 Å². The molecule has 0 heterocycles. The van der Waals surface area contributed by atoms with Gasteiger partial charge in [0.15, 0.2) is 5.78 Å². The van der Waals surface area contributed by atoms with Crippen LogP contribution in [0, 0.1) is 0 Å². The van der Waals surface area contributed by atoms with Gasteiger partial charge in [-0.2, -0.15) is 0 Å². The fourth-order valence-electron chi connectivity index (χ4n) is 3.94. The Hall–Kier alpha value is -4.23. The molecule has 0 aliphatic rings. The van der Waals surface area contributed by atoms with Gasteiger partial charge in [-0.25, -0.2) is 8.42 Å². The number of sulfonamides is 1. The van der Waals surface area contributed by atoms with Crippen LogP contribution in [0.1, 0.15) is 52.6 Å². The Labute approximate surface area is 224 Å². The van der Waals surface area contributed by atoms with Gasteiger partial charge in [0.25, 0.3) is 15.9 Å². The van der Waals surface area contributed by atoms with Gasteiger partial charge in [0.05, 0.1) is 10.6 Å². The molecule has 0 aromatic heterocycles. The van der Waals surface area contributed by atoms with Gasteiger partial charge >= 0.3 is 0 Å². The molecule has 0 aliphatic carbocycles. The molecule has 0 fully saturated rings. The highest BCUT2D eigenvalue weighted by molar-refractivity contribution is 7.92. The summed E-state index contributed by atoms with van der Waals surface area (Å²) in [4.78, 5) is 26.1. The zero-order valence-electron chi connectivity index (χ0n) is 21.8. The summed E-state index contributed by atoms with van der Waals surface area (Å²) in [6.45, 7) is 6.36. The first-order chi connectivity index (χ1) is 18.0. The highest BCUT2D eigenvalue weighted by Crippen LogP contribution is 2.25. The first kappa shape index (κ1) is 26.8. The van der Waals surface area contributed by atoms with Gasteiger partial charge in [-0.1, -0.05) is 75.4 Å². The molecule has 6 nitrogen and oxygen atoms in total. The van der Waals surface area contributed by atoms with Crippen molar-refractivity contribution in [2.24, 2.45) is 0 Å². The van der Waals surface area contributed by atoms with Crippen LogP contribution in [0.4, 0.5) is 11.4 Å². The van der Waals surface area contributed by atoms with E-state index in [0.717, 1.165) is 5.56 Å². The van der Waals surface area contributed by atoms with Crippen LogP contribution in [-0.4, -0.2) is 27.2 Å². The standard InChI is InChI=1S/C31H30N2O4S/c1-31(2,3)25-17-13-22(14-18-25)29(34)24-9-8-10-26(21-24)32-30(35)23-15-19-27(20-16-23)33(4)38(36,37)28-11-6-5-7-12-28/h5-21H,1-4H3,(H,32,35). The van der Waals surface area contributed by atoms with E-state index in [4.69, 9.17) is 0 Å². The number of anilines is 2. The van der Waals surface area contributed by atoms with Crippen molar-refractivity contribution in [3.8, 4) is 0 Å². The van der Waals surface area contributed by atoms with E-state index in [0.29, 0.717) is 28.1 Å². The van der Waals surface area contributed by atoms with Crippen LogP contribution in [0.2, 0.25) is 0 Å². The molecule has 0 aliphatic heterocycles. The van der Waals surface area contributed by atoms with Gasteiger partial charge in [-0.05, 0) is 59.5 Å². The second-order valence-electron chi connectivity index (χ2n) is 10.0. The van der Waals surface area contributed by atoms with Gasteiger partial charge in [0.2, 0.25) is 0 Å². The molecule has 0 bridgehead atoms. The molecule has 0 radical (unpaired) electrons. The first-order valence-corrected chi connectivity index (χ1v) is 13.6. The van der Waals surface area contributed by atoms with Gasteiger partial charge in [0, 0.05) is 29.4 Å². The van der Waals surface area contributed by atoms with E-state index in [2.05, 4.69) is 26.1 Å². The molecular weight excluding hydrogens is 496 g/mol. The van der Waals surface area contributed by atoms with Crippen molar-refractivity contribution in [1.29, 1.82) is 0 Å². The largest absolute Gasteiger partial charge is 0.322 e. The molecule has 0 unspecified atom stereocenters. The van der Waals surface area contributed by atoms with E-state index in [9.17, 15) is 18.0 Å². The van der Waals surface area contributed by atoms with Crippen molar-refractivity contribution in [2.45, 2.75) is 31.1 Å². The minimum Gasteiger partial charge on any atom is -0.322 e. The minimum atomic E-state index is -3.72. The van der Waals surface area contributed by atoms with E-state index in [1.54, 1.807) is 66.7 Å². The Morgan fingerprint density at radius 2 is 1.32 bits per heavy atom. The van der Waals surface area contributed by atoms with Crippen molar-refractivity contribution in [3.63, 3.8) is 0 Å². The molecule has 4 aromatic rings. The van der Waals surface area contributed by atoms with Crippen LogP contribution in [0.5, 0.6) is 0 Å². The van der Waals surface area contributed by atoms with E-state index in [1.807, 2.05) is 24.3 Å². The lowest BCUT2D eigenvalue weighted by atomic mass is 9.86. The maximum Gasteiger partial charge on any atom is 0.264 e. The molecule has 1 N–H and O–H groups in total. The third kappa shape index (κ3) is 5.84. The summed E-state index contributed by atoms with van der Waals surface area (Å²) in [5, 5.41) is 2.82. The molecule has 0 saturated heterocycles. The second-order valence-corrected chi connectivity index (χ2v) is 12.0. The topological polar surface area (TPSA) is 83.6 Å². The molecule has 4 aromatic carbocycles. The Morgan fingerprint density at radius 3 is 1.92 bits per heavy atom. The molecule has 0 spiro atoms. The average Bonchev–Trinajstić information content (AvgIpc) is 2.92. The van der Waals surface area contributed by atoms with Crippen LogP contribution in [-0.2, 0) is 15.4 Å². The number of hydrogen-bond acceptors (Lipinski definition) is 4. The van der Waals surface area contributed by atoms with Crippen LogP contribution in [0.15, 0.2) is 108 Å². The Kier molecular flexibility index (Phi) is 7.51. The highest BCUT2D eigenvalue weighted by Gasteiger charge is 2.21. The quantitative estimate of drug-likeness (QED) is 0.287. The predicted molar refractivity (Wildman–Crippen MR) is 151 cm³/mol. The monoisotopic (exact) mass is 526 g/mol. The lowest BCUT2D eigenvalue weighted by Crippen LogP contribution is -2.26. The average molecular weight is 527 g/mol. The number of carbonyl (C=O) groups excluding carboxylic acids is 2. The van der Waals surface area contributed by atoms with Crippen molar-refractivity contribution in [1.82, 2.24) is 0 Å². The van der Waals surface area contributed by atoms with Gasteiger partial charge < -0.3 is 5.32 Å². The fraction of sp³-hybridized carbons (Fsp3) is 0.161. The van der Waals surface area contributed by atoms with Crippen molar-refractivity contribution in [3.05, 3.63) is 125 Å². The summed E-state index contributed by atoms with van der Waals surface area (Å²) in [7, 11) is -2.25. The lowest BCUT2D eigenvalue weighted by Gasteiger charge is -2.19. The molecule has 1 amide bonds. The number of amides is 1. The normalized spacial score (nSPS) is 11.6.